The maximum Gasteiger partial charge on any atom is 0.331 e. The minimum Gasteiger partial charge on any atom is -0.460 e. The normalized spacial score (nSPS) is 11.0. The van der Waals surface area contributed by atoms with E-state index >= 15 is 0 Å². The number of ether oxygens (including phenoxy) is 1. The molecule has 16 heavy (non-hydrogen) atoms. The summed E-state index contributed by atoms with van der Waals surface area (Å²) in [4.78, 5) is 11.2. The molecule has 1 aromatic carbocycles. The van der Waals surface area contributed by atoms with Crippen molar-refractivity contribution in [2.75, 3.05) is 5.73 Å². The lowest BCUT2D eigenvalue weighted by Gasteiger charge is -2.04. The number of hydrogen-bond acceptors (Lipinski definition) is 3. The van der Waals surface area contributed by atoms with Crippen LogP contribution in [0.25, 0.3) is 6.08 Å². The monoisotopic (exact) mass is 239 g/mol. The second-order valence-electron chi connectivity index (χ2n) is 3.60. The second-order valence-corrected chi connectivity index (χ2v) is 4.01. The summed E-state index contributed by atoms with van der Waals surface area (Å²) in [6, 6.07) is 5.08. The van der Waals surface area contributed by atoms with E-state index in [2.05, 4.69) is 0 Å². The van der Waals surface area contributed by atoms with Crippen LogP contribution in [-0.2, 0) is 9.53 Å². The van der Waals surface area contributed by atoms with Crippen molar-refractivity contribution in [3.05, 3.63) is 34.9 Å². The predicted octanol–water partition coefficient (Wildman–Crippen LogP) is 2.89. The molecule has 0 aliphatic heterocycles. The molecule has 0 aliphatic rings. The molecule has 0 aromatic heterocycles. The molecule has 0 spiro atoms. The van der Waals surface area contributed by atoms with E-state index in [1.165, 1.54) is 6.08 Å². The Morgan fingerprint density at radius 3 is 2.81 bits per heavy atom. The summed E-state index contributed by atoms with van der Waals surface area (Å²) in [5, 5.41) is 0.544. The maximum atomic E-state index is 11.2. The standard InChI is InChI=1S/C12H14ClNO2/c1-8(2)16-12(15)6-3-9-7-10(14)4-5-11(9)13/h3-8H,14H2,1-2H3/b6-3+. The number of benzene rings is 1. The molecule has 1 rings (SSSR count). The Kier molecular flexibility index (Phi) is 4.38. The molecule has 0 fully saturated rings. The van der Waals surface area contributed by atoms with Crippen LogP contribution in [0.3, 0.4) is 0 Å². The van der Waals surface area contributed by atoms with Gasteiger partial charge < -0.3 is 10.5 Å². The SMILES string of the molecule is CC(C)OC(=O)/C=C/c1cc(N)ccc1Cl. The fraction of sp³-hybridized carbons (Fsp3) is 0.250. The summed E-state index contributed by atoms with van der Waals surface area (Å²) in [6.45, 7) is 3.58. The Morgan fingerprint density at radius 1 is 1.50 bits per heavy atom. The average Bonchev–Trinajstić information content (AvgIpc) is 2.18. The van der Waals surface area contributed by atoms with E-state index < -0.39 is 5.97 Å². The Bertz CT molecular complexity index is 413. The van der Waals surface area contributed by atoms with Crippen LogP contribution in [0.5, 0.6) is 0 Å². The number of anilines is 1. The van der Waals surface area contributed by atoms with Crippen LogP contribution < -0.4 is 5.73 Å². The number of nitrogen functional groups attached to an aromatic ring is 1. The lowest BCUT2D eigenvalue weighted by Crippen LogP contribution is -2.08. The van der Waals surface area contributed by atoms with Gasteiger partial charge in [0.1, 0.15) is 0 Å². The smallest absolute Gasteiger partial charge is 0.331 e. The molecule has 2 N–H and O–H groups in total. The van der Waals surface area contributed by atoms with Crippen LogP contribution in [0, 0.1) is 0 Å². The quantitative estimate of drug-likeness (QED) is 0.501. The highest BCUT2D eigenvalue weighted by Crippen LogP contribution is 2.20. The van der Waals surface area contributed by atoms with E-state index in [0.29, 0.717) is 16.3 Å². The highest BCUT2D eigenvalue weighted by Gasteiger charge is 2.01. The van der Waals surface area contributed by atoms with E-state index in [1.54, 1.807) is 38.1 Å². The molecular weight excluding hydrogens is 226 g/mol. The zero-order valence-electron chi connectivity index (χ0n) is 9.24. The molecule has 0 heterocycles. The summed E-state index contributed by atoms with van der Waals surface area (Å²) in [6.07, 6.45) is 2.79. The van der Waals surface area contributed by atoms with Gasteiger partial charge >= 0.3 is 5.97 Å². The fourth-order valence-electron chi connectivity index (χ4n) is 1.12. The average molecular weight is 240 g/mol. The van der Waals surface area contributed by atoms with Gasteiger partial charge in [0.2, 0.25) is 0 Å². The lowest BCUT2D eigenvalue weighted by atomic mass is 10.2. The summed E-state index contributed by atoms with van der Waals surface area (Å²) >= 11 is 5.93. The van der Waals surface area contributed by atoms with E-state index in [-0.39, 0.29) is 6.10 Å². The molecule has 4 heteroatoms. The molecule has 0 amide bonds. The van der Waals surface area contributed by atoms with Crippen LogP contribution in [0.2, 0.25) is 5.02 Å². The zero-order valence-corrected chi connectivity index (χ0v) is 9.99. The van der Waals surface area contributed by atoms with Gasteiger partial charge in [0.15, 0.2) is 0 Å². The van der Waals surface area contributed by atoms with Gasteiger partial charge in [0.25, 0.3) is 0 Å². The van der Waals surface area contributed by atoms with Crippen molar-refractivity contribution in [3.63, 3.8) is 0 Å². The first-order valence-electron chi connectivity index (χ1n) is 4.93. The molecule has 0 aliphatic carbocycles. The third-order valence-electron chi connectivity index (χ3n) is 1.77. The van der Waals surface area contributed by atoms with E-state index in [0.717, 1.165) is 0 Å². The van der Waals surface area contributed by atoms with Gasteiger partial charge in [-0.15, -0.1) is 0 Å². The van der Waals surface area contributed by atoms with E-state index in [4.69, 9.17) is 22.1 Å². The van der Waals surface area contributed by atoms with Gasteiger partial charge in [0, 0.05) is 16.8 Å². The predicted molar refractivity (Wildman–Crippen MR) is 66.1 cm³/mol. The van der Waals surface area contributed by atoms with Crippen molar-refractivity contribution in [2.45, 2.75) is 20.0 Å². The first-order chi connectivity index (χ1) is 7.49. The van der Waals surface area contributed by atoms with Crippen molar-refractivity contribution in [1.82, 2.24) is 0 Å². The summed E-state index contributed by atoms with van der Waals surface area (Å²) in [5.74, 6) is -0.395. The summed E-state index contributed by atoms with van der Waals surface area (Å²) in [5.41, 5.74) is 6.90. The van der Waals surface area contributed by atoms with Crippen molar-refractivity contribution in [3.8, 4) is 0 Å². The minimum absolute atomic E-state index is 0.131. The van der Waals surface area contributed by atoms with Gasteiger partial charge in [0.05, 0.1) is 6.10 Å². The first-order valence-corrected chi connectivity index (χ1v) is 5.30. The first kappa shape index (κ1) is 12.6. The van der Waals surface area contributed by atoms with Gasteiger partial charge in [-0.2, -0.15) is 0 Å². The van der Waals surface area contributed by atoms with Crippen molar-refractivity contribution >= 4 is 29.3 Å². The summed E-state index contributed by atoms with van der Waals surface area (Å²) < 4.78 is 4.94. The highest BCUT2D eigenvalue weighted by molar-refractivity contribution is 6.32. The molecule has 0 bridgehead atoms. The maximum absolute atomic E-state index is 11.2. The van der Waals surface area contributed by atoms with E-state index in [9.17, 15) is 4.79 Å². The van der Waals surface area contributed by atoms with Crippen LogP contribution in [0.4, 0.5) is 5.69 Å². The number of esters is 1. The van der Waals surface area contributed by atoms with Crippen LogP contribution in [-0.4, -0.2) is 12.1 Å². The molecular formula is C12H14ClNO2. The van der Waals surface area contributed by atoms with Crippen LogP contribution in [0.15, 0.2) is 24.3 Å². The topological polar surface area (TPSA) is 52.3 Å². The molecule has 1 aromatic rings. The lowest BCUT2D eigenvalue weighted by molar-refractivity contribution is -0.141. The molecule has 0 unspecified atom stereocenters. The van der Waals surface area contributed by atoms with Crippen LogP contribution >= 0.6 is 11.6 Å². The Morgan fingerprint density at radius 2 is 2.19 bits per heavy atom. The molecule has 0 radical (unpaired) electrons. The molecule has 0 saturated heterocycles. The Labute approximate surface area is 99.8 Å². The zero-order chi connectivity index (χ0) is 12.1. The van der Waals surface area contributed by atoms with Crippen LogP contribution in [0.1, 0.15) is 19.4 Å². The number of carbonyl (C=O) groups excluding carboxylic acids is 1. The number of carbonyl (C=O) groups is 1. The molecule has 0 atom stereocenters. The number of nitrogens with two attached hydrogens (primary N) is 1. The Hall–Kier alpha value is -1.48. The third kappa shape index (κ3) is 3.95. The van der Waals surface area contributed by atoms with Gasteiger partial charge in [-0.25, -0.2) is 4.79 Å². The van der Waals surface area contributed by atoms with Gasteiger partial charge in [-0.1, -0.05) is 11.6 Å². The highest BCUT2D eigenvalue weighted by atomic mass is 35.5. The largest absolute Gasteiger partial charge is 0.460 e. The second kappa shape index (κ2) is 5.56. The van der Waals surface area contributed by atoms with E-state index in [1.807, 2.05) is 0 Å². The minimum atomic E-state index is -0.395. The number of halogens is 1. The number of hydrogen-bond donors (Lipinski definition) is 1. The van der Waals surface area contributed by atoms with Gasteiger partial charge in [-0.05, 0) is 43.7 Å². The van der Waals surface area contributed by atoms with Crippen molar-refractivity contribution in [2.24, 2.45) is 0 Å². The third-order valence-corrected chi connectivity index (χ3v) is 2.12. The number of rotatable bonds is 3. The molecule has 86 valence electrons. The Balaban J connectivity index is 2.76. The van der Waals surface area contributed by atoms with Crippen molar-refractivity contribution < 1.29 is 9.53 Å². The summed E-state index contributed by atoms with van der Waals surface area (Å²) in [7, 11) is 0. The fourth-order valence-corrected chi connectivity index (χ4v) is 1.30. The molecule has 0 saturated carbocycles. The van der Waals surface area contributed by atoms with Crippen molar-refractivity contribution in [1.29, 1.82) is 0 Å². The van der Waals surface area contributed by atoms with Gasteiger partial charge in [-0.3, -0.25) is 0 Å². The molecule has 3 nitrogen and oxygen atoms in total.